The average Bonchev–Trinajstić information content (AvgIpc) is 2.68. The van der Waals surface area contributed by atoms with E-state index in [9.17, 15) is 4.79 Å². The zero-order valence-corrected chi connectivity index (χ0v) is 16.0. The monoisotopic (exact) mass is 359 g/mol. The SMILES string of the molecule is CC.CCOC(Cc1ccc(OCc2cccc(C)c2)cc1)C(=O)NO. The third-order valence-corrected chi connectivity index (χ3v) is 3.60. The number of hydrogen-bond acceptors (Lipinski definition) is 4. The Labute approximate surface area is 155 Å². The number of amides is 1. The van der Waals surface area contributed by atoms with E-state index >= 15 is 0 Å². The van der Waals surface area contributed by atoms with Gasteiger partial charge in [0, 0.05) is 13.0 Å². The van der Waals surface area contributed by atoms with Gasteiger partial charge < -0.3 is 9.47 Å². The van der Waals surface area contributed by atoms with E-state index in [1.165, 1.54) is 5.56 Å². The highest BCUT2D eigenvalue weighted by Gasteiger charge is 2.18. The first-order valence-corrected chi connectivity index (χ1v) is 8.95. The number of ether oxygens (including phenoxy) is 2. The second-order valence-electron chi connectivity index (χ2n) is 5.55. The lowest BCUT2D eigenvalue weighted by atomic mass is 10.1. The molecule has 5 nitrogen and oxygen atoms in total. The smallest absolute Gasteiger partial charge is 0.272 e. The van der Waals surface area contributed by atoms with Crippen LogP contribution in [0.25, 0.3) is 0 Å². The van der Waals surface area contributed by atoms with E-state index in [0.717, 1.165) is 16.9 Å². The molecule has 1 atom stereocenters. The molecule has 2 aromatic rings. The van der Waals surface area contributed by atoms with Crippen molar-refractivity contribution in [2.75, 3.05) is 6.61 Å². The zero-order chi connectivity index (χ0) is 19.4. The molecule has 26 heavy (non-hydrogen) atoms. The minimum Gasteiger partial charge on any atom is -0.489 e. The highest BCUT2D eigenvalue weighted by Crippen LogP contribution is 2.16. The van der Waals surface area contributed by atoms with E-state index in [2.05, 4.69) is 19.1 Å². The van der Waals surface area contributed by atoms with Crippen LogP contribution in [0.2, 0.25) is 0 Å². The van der Waals surface area contributed by atoms with E-state index in [1.807, 2.05) is 50.2 Å². The summed E-state index contributed by atoms with van der Waals surface area (Å²) in [6.07, 6.45) is -0.322. The van der Waals surface area contributed by atoms with Crippen molar-refractivity contribution < 1.29 is 19.5 Å². The third kappa shape index (κ3) is 7.25. The van der Waals surface area contributed by atoms with Crippen LogP contribution in [0.5, 0.6) is 5.75 Å². The molecule has 0 aliphatic carbocycles. The third-order valence-electron chi connectivity index (χ3n) is 3.60. The lowest BCUT2D eigenvalue weighted by Crippen LogP contribution is -2.36. The molecule has 2 aromatic carbocycles. The fourth-order valence-corrected chi connectivity index (χ4v) is 2.40. The summed E-state index contributed by atoms with van der Waals surface area (Å²) in [5.41, 5.74) is 4.89. The van der Waals surface area contributed by atoms with Crippen LogP contribution in [0.1, 0.15) is 37.5 Å². The molecule has 2 rings (SSSR count). The summed E-state index contributed by atoms with van der Waals surface area (Å²) in [6.45, 7) is 8.76. The number of rotatable bonds is 8. The van der Waals surface area contributed by atoms with Gasteiger partial charge >= 0.3 is 0 Å². The van der Waals surface area contributed by atoms with Crippen LogP contribution in [0, 0.1) is 6.92 Å². The van der Waals surface area contributed by atoms with Gasteiger partial charge in [0.1, 0.15) is 18.5 Å². The lowest BCUT2D eigenvalue weighted by molar-refractivity contribution is -0.141. The highest BCUT2D eigenvalue weighted by atomic mass is 16.5. The fourth-order valence-electron chi connectivity index (χ4n) is 2.40. The van der Waals surface area contributed by atoms with Gasteiger partial charge in [-0.3, -0.25) is 10.0 Å². The summed E-state index contributed by atoms with van der Waals surface area (Å²) < 4.78 is 11.1. The molecule has 0 fully saturated rings. The van der Waals surface area contributed by atoms with Gasteiger partial charge in [-0.15, -0.1) is 0 Å². The molecule has 0 saturated heterocycles. The Morgan fingerprint density at radius 1 is 1.12 bits per heavy atom. The van der Waals surface area contributed by atoms with E-state index in [-0.39, 0.29) is 0 Å². The summed E-state index contributed by atoms with van der Waals surface area (Å²) >= 11 is 0. The maximum Gasteiger partial charge on any atom is 0.272 e. The van der Waals surface area contributed by atoms with Crippen molar-refractivity contribution in [2.45, 2.75) is 46.8 Å². The molecule has 5 heteroatoms. The Morgan fingerprint density at radius 3 is 2.38 bits per heavy atom. The first kappa shape index (κ1) is 21.7. The van der Waals surface area contributed by atoms with Crippen LogP contribution in [-0.2, 0) is 22.6 Å². The second kappa shape index (κ2) is 12.1. The minimum absolute atomic E-state index is 0.387. The molecule has 0 spiro atoms. The van der Waals surface area contributed by atoms with E-state index in [4.69, 9.17) is 14.7 Å². The molecular formula is C21H29NO4. The van der Waals surface area contributed by atoms with E-state index < -0.39 is 12.0 Å². The zero-order valence-electron chi connectivity index (χ0n) is 16.0. The molecule has 0 aliphatic rings. The van der Waals surface area contributed by atoms with Gasteiger partial charge in [-0.25, -0.2) is 5.48 Å². The number of benzene rings is 2. The normalized spacial score (nSPS) is 11.1. The number of carbonyl (C=O) groups excluding carboxylic acids is 1. The van der Waals surface area contributed by atoms with Crippen molar-refractivity contribution in [3.05, 3.63) is 65.2 Å². The average molecular weight is 359 g/mol. The Morgan fingerprint density at radius 2 is 1.81 bits per heavy atom. The second-order valence-corrected chi connectivity index (χ2v) is 5.55. The number of hydrogen-bond donors (Lipinski definition) is 2. The predicted molar refractivity (Wildman–Crippen MR) is 102 cm³/mol. The summed E-state index contributed by atoms with van der Waals surface area (Å²) in [6, 6.07) is 15.7. The molecule has 0 aromatic heterocycles. The summed E-state index contributed by atoms with van der Waals surface area (Å²) in [4.78, 5) is 11.5. The number of hydroxylamine groups is 1. The van der Waals surface area contributed by atoms with Crippen molar-refractivity contribution in [1.82, 2.24) is 5.48 Å². The predicted octanol–water partition coefficient (Wildman–Crippen LogP) is 4.05. The van der Waals surface area contributed by atoms with E-state index in [0.29, 0.717) is 19.6 Å². The summed E-state index contributed by atoms with van der Waals surface area (Å²) in [5, 5.41) is 8.75. The van der Waals surface area contributed by atoms with E-state index in [1.54, 1.807) is 12.4 Å². The van der Waals surface area contributed by atoms with Crippen LogP contribution < -0.4 is 10.2 Å². The Balaban J connectivity index is 0.00000163. The van der Waals surface area contributed by atoms with Crippen LogP contribution in [0.3, 0.4) is 0 Å². The van der Waals surface area contributed by atoms with Crippen molar-refractivity contribution in [3.8, 4) is 5.75 Å². The quantitative estimate of drug-likeness (QED) is 0.551. The maximum absolute atomic E-state index is 11.5. The van der Waals surface area contributed by atoms with Gasteiger partial charge in [0.25, 0.3) is 5.91 Å². The molecule has 0 aliphatic heterocycles. The Kier molecular flexibility index (Phi) is 10.1. The number of carbonyl (C=O) groups is 1. The highest BCUT2D eigenvalue weighted by molar-refractivity contribution is 5.79. The fraction of sp³-hybridized carbons (Fsp3) is 0.381. The van der Waals surface area contributed by atoms with Gasteiger partial charge in [-0.1, -0.05) is 55.8 Å². The molecule has 142 valence electrons. The van der Waals surface area contributed by atoms with Gasteiger partial charge in [0.2, 0.25) is 0 Å². The molecule has 0 saturated carbocycles. The van der Waals surface area contributed by atoms with Crippen LogP contribution in [0.4, 0.5) is 0 Å². The van der Waals surface area contributed by atoms with Crippen LogP contribution in [0.15, 0.2) is 48.5 Å². The van der Waals surface area contributed by atoms with Gasteiger partial charge in [0.15, 0.2) is 0 Å². The molecule has 1 amide bonds. The molecule has 0 heterocycles. The first-order valence-electron chi connectivity index (χ1n) is 8.95. The summed E-state index contributed by atoms with van der Waals surface area (Å²) in [7, 11) is 0. The molecular weight excluding hydrogens is 330 g/mol. The largest absolute Gasteiger partial charge is 0.489 e. The van der Waals surface area contributed by atoms with Crippen molar-refractivity contribution in [2.24, 2.45) is 0 Å². The summed E-state index contributed by atoms with van der Waals surface area (Å²) in [5.74, 6) is 0.219. The van der Waals surface area contributed by atoms with Crippen molar-refractivity contribution in [1.29, 1.82) is 0 Å². The van der Waals surface area contributed by atoms with Crippen molar-refractivity contribution >= 4 is 5.91 Å². The number of nitrogens with one attached hydrogen (secondary N) is 1. The van der Waals surface area contributed by atoms with Crippen LogP contribution >= 0.6 is 0 Å². The Hall–Kier alpha value is -2.37. The molecule has 1 unspecified atom stereocenters. The minimum atomic E-state index is -0.709. The lowest BCUT2D eigenvalue weighted by Gasteiger charge is -2.15. The number of aryl methyl sites for hydroxylation is 1. The molecule has 0 radical (unpaired) electrons. The standard InChI is InChI=1S/C19H23NO4.C2H6/c1-3-23-18(19(21)20-22)12-15-7-9-17(10-8-15)24-13-16-6-4-5-14(2)11-16;1-2/h4-11,18,22H,3,12-13H2,1-2H3,(H,20,21);1-2H3. The molecule has 0 bridgehead atoms. The topological polar surface area (TPSA) is 67.8 Å². The Bertz CT molecular complexity index is 655. The van der Waals surface area contributed by atoms with Crippen LogP contribution in [-0.4, -0.2) is 23.8 Å². The first-order chi connectivity index (χ1) is 12.6. The molecule has 2 N–H and O–H groups in total. The van der Waals surface area contributed by atoms with Gasteiger partial charge in [-0.05, 0) is 37.1 Å². The van der Waals surface area contributed by atoms with Gasteiger partial charge in [0.05, 0.1) is 0 Å². The maximum atomic E-state index is 11.5. The van der Waals surface area contributed by atoms with Gasteiger partial charge in [-0.2, -0.15) is 0 Å². The van der Waals surface area contributed by atoms with Crippen molar-refractivity contribution in [3.63, 3.8) is 0 Å².